The van der Waals surface area contributed by atoms with Gasteiger partial charge in [-0.3, -0.25) is 0 Å². The molecule has 1 unspecified atom stereocenters. The van der Waals surface area contributed by atoms with Crippen LogP contribution >= 0.6 is 0 Å². The Balaban J connectivity index is 2.39. The van der Waals surface area contributed by atoms with Crippen LogP contribution < -0.4 is 0 Å². The summed E-state index contributed by atoms with van der Waals surface area (Å²) in [6, 6.07) is 0. The third kappa shape index (κ3) is 4.40. The summed E-state index contributed by atoms with van der Waals surface area (Å²) < 4.78 is 33.0. The van der Waals surface area contributed by atoms with E-state index < -0.39 is 10.2 Å². The minimum atomic E-state index is -4.26. The molecule has 0 N–H and O–H groups in total. The summed E-state index contributed by atoms with van der Waals surface area (Å²) in [6.45, 7) is 4.40. The summed E-state index contributed by atoms with van der Waals surface area (Å²) in [6.07, 6.45) is 4.92. The molecular weight excluding hydrogens is 203 g/mol. The van der Waals surface area contributed by atoms with E-state index in [0.29, 0.717) is 17.8 Å². The predicted octanol–water partition coefficient (Wildman–Crippen LogP) is 2.89. The molecule has 84 valence electrons. The average Bonchev–Trinajstić information content (AvgIpc) is 1.98. The number of rotatable bonds is 3. The molecule has 14 heavy (non-hydrogen) atoms. The summed E-state index contributed by atoms with van der Waals surface area (Å²) in [7, 11) is -4.26. The molecule has 1 fully saturated rings. The van der Waals surface area contributed by atoms with Crippen molar-refractivity contribution in [1.29, 1.82) is 0 Å². The van der Waals surface area contributed by atoms with Gasteiger partial charge < -0.3 is 0 Å². The maximum absolute atomic E-state index is 12.3. The highest BCUT2D eigenvalue weighted by Crippen LogP contribution is 2.39. The third-order valence-corrected chi connectivity index (χ3v) is 3.80. The van der Waals surface area contributed by atoms with Crippen LogP contribution in [0, 0.1) is 11.3 Å². The standard InChI is InChI=1S/C10H19FO2S/c1-10(2)6-3-4-9(8-10)5-7-14(11,12)13/h9H,3-8H2,1-2H3. The summed E-state index contributed by atoms with van der Waals surface area (Å²) >= 11 is 0. The van der Waals surface area contributed by atoms with Gasteiger partial charge in [-0.2, -0.15) is 8.42 Å². The summed E-state index contributed by atoms with van der Waals surface area (Å²) in [5.74, 6) is 0.0950. The van der Waals surface area contributed by atoms with Crippen LogP contribution in [0.15, 0.2) is 0 Å². The van der Waals surface area contributed by atoms with Crippen molar-refractivity contribution < 1.29 is 12.3 Å². The van der Waals surface area contributed by atoms with Gasteiger partial charge in [0.25, 0.3) is 0 Å². The van der Waals surface area contributed by atoms with Crippen LogP contribution in [0.25, 0.3) is 0 Å². The Morgan fingerprint density at radius 1 is 1.43 bits per heavy atom. The molecule has 4 heteroatoms. The van der Waals surface area contributed by atoms with Gasteiger partial charge in [0.1, 0.15) is 0 Å². The van der Waals surface area contributed by atoms with E-state index in [4.69, 9.17) is 0 Å². The highest BCUT2D eigenvalue weighted by molar-refractivity contribution is 7.86. The van der Waals surface area contributed by atoms with Gasteiger partial charge in [-0.05, 0) is 30.6 Å². The van der Waals surface area contributed by atoms with Gasteiger partial charge in [-0.1, -0.05) is 26.7 Å². The second-order valence-electron chi connectivity index (χ2n) is 5.16. The fourth-order valence-electron chi connectivity index (χ4n) is 2.41. The Labute approximate surface area is 86.1 Å². The second-order valence-corrected chi connectivity index (χ2v) is 6.64. The minimum absolute atomic E-state index is 0.298. The van der Waals surface area contributed by atoms with Gasteiger partial charge in [0, 0.05) is 0 Å². The molecule has 1 aliphatic rings. The lowest BCUT2D eigenvalue weighted by Crippen LogP contribution is -2.23. The highest BCUT2D eigenvalue weighted by atomic mass is 32.3. The third-order valence-electron chi connectivity index (χ3n) is 3.08. The SMILES string of the molecule is CC1(C)CCCC(CCS(=O)(=O)F)C1. The summed E-state index contributed by atoms with van der Waals surface area (Å²) in [5, 5.41) is 0. The molecule has 0 aromatic heterocycles. The lowest BCUT2D eigenvalue weighted by atomic mass is 9.71. The van der Waals surface area contributed by atoms with Gasteiger partial charge in [0.15, 0.2) is 0 Å². The smallest absolute Gasteiger partial charge is 0.195 e. The van der Waals surface area contributed by atoms with E-state index in [0.717, 1.165) is 19.3 Å². The molecule has 0 saturated heterocycles. The minimum Gasteiger partial charge on any atom is -0.195 e. The summed E-state index contributed by atoms with van der Waals surface area (Å²) in [5.41, 5.74) is 0.309. The Hall–Kier alpha value is -0.120. The molecule has 0 aromatic carbocycles. The molecule has 1 saturated carbocycles. The van der Waals surface area contributed by atoms with E-state index in [9.17, 15) is 12.3 Å². The Bertz CT molecular complexity index is 282. The molecule has 0 aromatic rings. The van der Waals surface area contributed by atoms with Crippen molar-refractivity contribution >= 4 is 10.2 Å². The molecule has 1 atom stereocenters. The lowest BCUT2D eigenvalue weighted by molar-refractivity contribution is 0.177. The zero-order chi connectivity index (χ0) is 10.8. The van der Waals surface area contributed by atoms with E-state index in [1.807, 2.05) is 0 Å². The normalized spacial score (nSPS) is 27.5. The largest absolute Gasteiger partial charge is 0.302 e. The van der Waals surface area contributed by atoms with Crippen molar-refractivity contribution in [3.05, 3.63) is 0 Å². The molecule has 1 rings (SSSR count). The van der Waals surface area contributed by atoms with Gasteiger partial charge in [0.2, 0.25) is 0 Å². The highest BCUT2D eigenvalue weighted by Gasteiger charge is 2.28. The predicted molar refractivity (Wildman–Crippen MR) is 55.3 cm³/mol. The molecule has 0 bridgehead atoms. The van der Waals surface area contributed by atoms with Crippen LogP contribution in [-0.4, -0.2) is 14.2 Å². The van der Waals surface area contributed by atoms with E-state index in [1.165, 1.54) is 6.42 Å². The molecule has 2 nitrogen and oxygen atoms in total. The first-order chi connectivity index (χ1) is 6.29. The van der Waals surface area contributed by atoms with E-state index in [2.05, 4.69) is 13.8 Å². The van der Waals surface area contributed by atoms with E-state index in [1.54, 1.807) is 0 Å². The van der Waals surface area contributed by atoms with Gasteiger partial charge in [-0.25, -0.2) is 0 Å². The lowest BCUT2D eigenvalue weighted by Gasteiger charge is -2.35. The van der Waals surface area contributed by atoms with Crippen LogP contribution in [0.2, 0.25) is 0 Å². The fourth-order valence-corrected chi connectivity index (χ4v) is 3.02. The van der Waals surface area contributed by atoms with Gasteiger partial charge in [-0.15, -0.1) is 3.89 Å². The fraction of sp³-hybridized carbons (Fsp3) is 1.00. The molecule has 0 spiro atoms. The van der Waals surface area contributed by atoms with Crippen LogP contribution in [0.5, 0.6) is 0 Å². The van der Waals surface area contributed by atoms with Crippen molar-refractivity contribution in [3.63, 3.8) is 0 Å². The van der Waals surface area contributed by atoms with Crippen LogP contribution in [0.4, 0.5) is 3.89 Å². The molecule has 0 heterocycles. The zero-order valence-corrected chi connectivity index (χ0v) is 9.74. The monoisotopic (exact) mass is 222 g/mol. The Kier molecular flexibility index (Phi) is 3.56. The first-order valence-corrected chi connectivity index (χ1v) is 6.76. The average molecular weight is 222 g/mol. The molecular formula is C10H19FO2S. The molecule has 0 radical (unpaired) electrons. The van der Waals surface area contributed by atoms with Crippen molar-refractivity contribution in [1.82, 2.24) is 0 Å². The topological polar surface area (TPSA) is 34.1 Å². The molecule has 1 aliphatic carbocycles. The van der Waals surface area contributed by atoms with Gasteiger partial charge >= 0.3 is 10.2 Å². The maximum atomic E-state index is 12.3. The maximum Gasteiger partial charge on any atom is 0.302 e. The molecule has 0 aliphatic heterocycles. The summed E-state index contributed by atoms with van der Waals surface area (Å²) in [4.78, 5) is 0. The van der Waals surface area contributed by atoms with Crippen molar-refractivity contribution in [2.45, 2.75) is 46.0 Å². The second kappa shape index (κ2) is 4.17. The van der Waals surface area contributed by atoms with Gasteiger partial charge in [0.05, 0.1) is 5.75 Å². The van der Waals surface area contributed by atoms with Crippen LogP contribution in [-0.2, 0) is 10.2 Å². The van der Waals surface area contributed by atoms with Crippen molar-refractivity contribution in [2.24, 2.45) is 11.3 Å². The van der Waals surface area contributed by atoms with Crippen molar-refractivity contribution in [3.8, 4) is 0 Å². The Morgan fingerprint density at radius 3 is 2.57 bits per heavy atom. The molecule has 0 amide bonds. The van der Waals surface area contributed by atoms with E-state index >= 15 is 0 Å². The first-order valence-electron chi connectivity index (χ1n) is 5.21. The van der Waals surface area contributed by atoms with Crippen molar-refractivity contribution in [2.75, 3.05) is 5.75 Å². The number of hydrogen-bond acceptors (Lipinski definition) is 2. The first kappa shape index (κ1) is 12.0. The zero-order valence-electron chi connectivity index (χ0n) is 8.92. The number of hydrogen-bond donors (Lipinski definition) is 0. The Morgan fingerprint density at radius 2 is 2.07 bits per heavy atom. The quantitative estimate of drug-likeness (QED) is 0.688. The van der Waals surface area contributed by atoms with Crippen LogP contribution in [0.3, 0.4) is 0 Å². The number of halogens is 1. The van der Waals surface area contributed by atoms with Crippen LogP contribution in [0.1, 0.15) is 46.0 Å². The van der Waals surface area contributed by atoms with E-state index in [-0.39, 0.29) is 5.75 Å².